The van der Waals surface area contributed by atoms with Crippen LogP contribution in [0.25, 0.3) is 0 Å². The summed E-state index contributed by atoms with van der Waals surface area (Å²) < 4.78 is 1130. The Hall–Kier alpha value is -5.55. The second-order valence-electron chi connectivity index (χ2n) is 28.1. The predicted octanol–water partition coefficient (Wildman–Crippen LogP) is 31.1. The highest BCUT2D eigenvalue weighted by Crippen LogP contribution is 2.71. The van der Waals surface area contributed by atoms with Gasteiger partial charge in [0.05, 0.1) is 16.1 Å². The average molecular weight is 2200 g/mol. The molecule has 0 aromatic heterocycles. The molecule has 0 heterocycles. The Bertz CT molecular complexity index is 3670. The van der Waals surface area contributed by atoms with Crippen molar-refractivity contribution in [3.63, 3.8) is 0 Å². The largest absolute Gasteiger partial charge is 0.460 e. The van der Waals surface area contributed by atoms with E-state index in [9.17, 15) is 237 Å². The van der Waals surface area contributed by atoms with Gasteiger partial charge in [0.15, 0.2) is 0 Å². The Balaban J connectivity index is 6.16. The first kappa shape index (κ1) is 125. The molecule has 0 nitrogen and oxygen atoms in total. The molecule has 1 unspecified atom stereocenters. The lowest BCUT2D eigenvalue weighted by Gasteiger charge is -2.44. The molecule has 0 bridgehead atoms. The average Bonchev–Trinajstić information content (AvgIpc) is 1.28. The van der Waals surface area contributed by atoms with Gasteiger partial charge in [0.25, 0.3) is 0 Å². The first-order valence-corrected chi connectivity index (χ1v) is 36.9. The second kappa shape index (κ2) is 33.6. The Morgan fingerprint density at radius 2 is 0.263 bits per heavy atom. The van der Waals surface area contributed by atoms with Crippen molar-refractivity contribution in [1.82, 2.24) is 0 Å². The van der Waals surface area contributed by atoms with Crippen molar-refractivity contribution in [2.24, 2.45) is 0 Å². The zero-order valence-corrected chi connectivity index (χ0v) is 61.8. The van der Waals surface area contributed by atoms with Crippen LogP contribution in [-0.4, -0.2) is 231 Å². The van der Waals surface area contributed by atoms with Gasteiger partial charge in [-0.3, -0.25) is 0 Å². The molecule has 0 aliphatic heterocycles. The summed E-state index contributed by atoms with van der Waals surface area (Å²) in [6.45, 7) is 0. The van der Waals surface area contributed by atoms with E-state index in [4.69, 9.17) is 0 Å². The minimum Gasteiger partial charge on any atom is -0.200 e. The van der Waals surface area contributed by atoms with Gasteiger partial charge < -0.3 is 0 Å². The van der Waals surface area contributed by atoms with Crippen molar-refractivity contribution >= 4 is 16.1 Å². The first-order valence-electron chi connectivity index (χ1n) is 31.6. The fraction of sp³-hybridized carbons (Fsp3) is 0.925. The molecule has 1 aliphatic carbocycles. The van der Waals surface area contributed by atoms with Gasteiger partial charge in [0, 0.05) is 38.5 Å². The third-order valence-electron chi connectivity index (χ3n) is 19.7. The number of halogens is 78. The zero-order valence-electron chi connectivity index (χ0n) is 59.8. The van der Waals surface area contributed by atoms with Crippen LogP contribution in [0.5, 0.6) is 0 Å². The molecule has 80 heteroatoms. The number of hydrogen-bond donors (Lipinski definition) is 0. The minimum atomic E-state index is -9.84. The molecule has 1 aliphatic rings. The Morgan fingerprint density at radius 1 is 0.150 bits per heavy atom. The van der Waals surface area contributed by atoms with Crippen molar-refractivity contribution in [1.29, 1.82) is 0 Å². The molecule has 0 saturated heterocycles. The van der Waals surface area contributed by atoms with E-state index >= 15 is 105 Å². The third kappa shape index (κ3) is 18.3. The van der Waals surface area contributed by atoms with Crippen LogP contribution in [0.15, 0.2) is 23.4 Å². The van der Waals surface area contributed by atoms with E-state index in [1.54, 1.807) is 0 Å². The first-order chi connectivity index (χ1) is 56.5. The Labute approximate surface area is 677 Å². The molecule has 133 heavy (non-hydrogen) atoms. The molecule has 0 amide bonds. The van der Waals surface area contributed by atoms with Crippen LogP contribution < -0.4 is 0 Å². The topological polar surface area (TPSA) is 0 Å². The quantitative estimate of drug-likeness (QED) is 0.0421. The van der Waals surface area contributed by atoms with E-state index in [1.165, 1.54) is 0 Å². The smallest absolute Gasteiger partial charge is 0.200 e. The monoisotopic (exact) mass is 2200 g/mol. The van der Waals surface area contributed by atoms with Gasteiger partial charge in [-0.1, -0.05) is 41.6 Å². The zero-order chi connectivity index (χ0) is 109. The summed E-state index contributed by atoms with van der Waals surface area (Å²) in [5.41, 5.74) is -5.41. The summed E-state index contributed by atoms with van der Waals surface area (Å²) in [4.78, 5) is 0. The molecule has 0 aromatic rings. The van der Waals surface area contributed by atoms with Crippen LogP contribution in [0, 0.1) is 0 Å². The van der Waals surface area contributed by atoms with Crippen LogP contribution >= 0.6 is 0 Å². The summed E-state index contributed by atoms with van der Waals surface area (Å²) in [6, 6.07) is -29.0. The lowest BCUT2D eigenvalue weighted by Crippen LogP contribution is -2.70. The summed E-state index contributed by atoms with van der Waals surface area (Å²) in [5, 5.41) is -3.93. The van der Waals surface area contributed by atoms with Gasteiger partial charge in [-0.25, -0.2) is 0 Å². The predicted molar refractivity (Wildman–Crippen MR) is 274 cm³/mol. The summed E-state index contributed by atoms with van der Waals surface area (Å²) in [7, 11) is -18.6. The standard InChI is InChI=1S/C53H28F78Si2/c54-18(55,24(66,67)30(78,79)36(90,91)42(102,103)48(114,115)116)3-9-132(10-4-19(56,57)25(68,69)31(80,81)37(92,93)43(104,105)49(117,118)119,11-5-20(58,59)26(70,71)32(82,83)38(94,95)44(106,107)50(120,121)122)16-1-2-17(15-16)133(12-6-21(60,61)27(72,73)33(84,85)39(96,97)45(108,109)51(123,124)125,13-7-22(62,63)28(74,75)34(86,87)40(98,99)46(110,111)52(126,127)128)14-8-23(64,65)29(76,77)35(88,89)41(100,101)47(112,113)53(129,130)131/h1-2,15-16H,3-14H2. The van der Waals surface area contributed by atoms with Crippen LogP contribution in [0.2, 0.25) is 41.8 Å². The van der Waals surface area contributed by atoms with Crippen molar-refractivity contribution in [3.05, 3.63) is 23.4 Å². The number of allylic oxidation sites excluding steroid dienone is 4. The van der Waals surface area contributed by atoms with E-state index in [1.807, 2.05) is 0 Å². The maximum absolute atomic E-state index is 16.0. The van der Waals surface area contributed by atoms with Crippen LogP contribution in [0.1, 0.15) is 38.5 Å². The maximum Gasteiger partial charge on any atom is 0.460 e. The molecule has 0 fully saturated rings. The summed E-state index contributed by atoms with van der Waals surface area (Å²) in [6.07, 6.45) is -91.4. The second-order valence-corrected chi connectivity index (χ2v) is 37.7. The Kier molecular flexibility index (Phi) is 31.7. The van der Waals surface area contributed by atoms with E-state index in [0.717, 1.165) is 0 Å². The van der Waals surface area contributed by atoms with Crippen molar-refractivity contribution in [2.45, 2.75) is 295 Å². The van der Waals surface area contributed by atoms with E-state index in [2.05, 4.69) is 0 Å². The van der Waals surface area contributed by atoms with Gasteiger partial charge in [0.1, 0.15) is 0 Å². The molecule has 0 radical (unpaired) electrons. The van der Waals surface area contributed by atoms with Gasteiger partial charge in [-0.15, -0.1) is 0 Å². The SMILES string of the molecule is FC(F)(F)C(F)(F)C(F)(F)C(F)(F)C(F)(F)C(F)(F)CC[Si](CCC(F)(F)C(F)(F)C(F)(F)C(F)(F)C(F)(F)C(F)(F)F)(CCC(F)(F)C(F)(F)C(F)(F)C(F)(F)C(F)(F)C(F)(F)F)C1=CC([Si](CCC(F)(F)C(F)(F)C(F)(F)C(F)(F)C(F)(F)C(F)(F)F)(CCC(F)(F)C(F)(F)C(F)(F)C(F)(F)C(F)(F)C(F)(F)F)CCC(F)(F)C(F)(F)C(F)(F)C(F)(F)C(F)(F)C(F)(F)F)C=C1. The van der Waals surface area contributed by atoms with Crippen LogP contribution in [-0.2, 0) is 0 Å². The molecule has 0 N–H and O–H groups in total. The lowest BCUT2D eigenvalue weighted by atomic mass is 9.93. The van der Waals surface area contributed by atoms with E-state index < -0.39 is 335 Å². The summed E-state index contributed by atoms with van der Waals surface area (Å²) in [5.74, 6) is -284. The molecule has 0 saturated carbocycles. The number of alkyl halides is 78. The van der Waals surface area contributed by atoms with Gasteiger partial charge in [-0.2, -0.15) is 342 Å². The molecule has 0 spiro atoms. The van der Waals surface area contributed by atoms with Gasteiger partial charge in [0.2, 0.25) is 0 Å². The van der Waals surface area contributed by atoms with Crippen LogP contribution in [0.3, 0.4) is 0 Å². The Morgan fingerprint density at radius 3 is 0.383 bits per heavy atom. The molecular formula is C53H28F78Si2. The molecule has 1 rings (SSSR count). The van der Waals surface area contributed by atoms with Gasteiger partial charge in [-0.05, 0) is 23.7 Å². The van der Waals surface area contributed by atoms with Crippen molar-refractivity contribution in [3.8, 4) is 0 Å². The third-order valence-corrected chi connectivity index (χ3v) is 30.4. The highest BCUT2D eigenvalue weighted by Gasteiger charge is 2.98. The fourth-order valence-corrected chi connectivity index (χ4v) is 21.5. The van der Waals surface area contributed by atoms with E-state index in [-0.39, 0.29) is 0 Å². The maximum atomic E-state index is 16.0. The highest BCUT2D eigenvalue weighted by molar-refractivity contribution is 6.88. The van der Waals surface area contributed by atoms with E-state index in [0.29, 0.717) is 0 Å². The van der Waals surface area contributed by atoms with Crippen molar-refractivity contribution in [2.75, 3.05) is 0 Å². The van der Waals surface area contributed by atoms with Gasteiger partial charge >= 0.3 is 215 Å². The highest BCUT2D eigenvalue weighted by atomic mass is 28.3. The minimum absolute atomic E-state index is 1.94. The number of hydrogen-bond acceptors (Lipinski definition) is 0. The normalized spacial score (nSPS) is 18.0. The molecule has 794 valence electrons. The fourth-order valence-electron chi connectivity index (χ4n) is 11.1. The lowest BCUT2D eigenvalue weighted by molar-refractivity contribution is -0.440. The van der Waals surface area contributed by atoms with Crippen molar-refractivity contribution < 1.29 is 342 Å². The molecular weight excluding hydrogens is 2170 g/mol. The molecule has 1 atom stereocenters. The summed E-state index contributed by atoms with van der Waals surface area (Å²) >= 11 is 0. The molecule has 0 aromatic carbocycles. The van der Waals surface area contributed by atoms with Crippen LogP contribution in [0.4, 0.5) is 342 Å². The number of rotatable bonds is 44.